The van der Waals surface area contributed by atoms with E-state index in [1.165, 1.54) is 0 Å². The number of ether oxygens (including phenoxy) is 1. The topological polar surface area (TPSA) is 91.2 Å². The van der Waals surface area contributed by atoms with Crippen molar-refractivity contribution in [3.8, 4) is 11.6 Å². The van der Waals surface area contributed by atoms with Crippen molar-refractivity contribution >= 4 is 11.6 Å². The number of primary amides is 1. The van der Waals surface area contributed by atoms with Crippen LogP contribution < -0.4 is 16.2 Å². The molecule has 0 atom stereocenters. The maximum Gasteiger partial charge on any atom is 0.248 e. The van der Waals surface area contributed by atoms with Gasteiger partial charge in [-0.1, -0.05) is 0 Å². The van der Waals surface area contributed by atoms with E-state index in [1.807, 2.05) is 0 Å². The molecule has 0 aliphatic rings. The monoisotopic (exact) mass is 229 g/mol. The molecule has 0 aliphatic carbocycles. The Morgan fingerprint density at radius 1 is 1.18 bits per heavy atom. The fourth-order valence-corrected chi connectivity index (χ4v) is 1.29. The average molecular weight is 229 g/mol. The fraction of sp³-hybridized carbons (Fsp3) is 0. The first-order chi connectivity index (χ1) is 8.16. The number of hydrogen-bond acceptors (Lipinski definition) is 4. The Morgan fingerprint density at radius 3 is 2.47 bits per heavy atom. The average Bonchev–Trinajstić information content (AvgIpc) is 2.33. The standard InChI is InChI=1S/C12H11N3O2/c13-10-2-1-7-15-12(10)17-9-5-3-8(4-6-9)11(14)16/h1-7H,13H2,(H2,14,16). The molecular formula is C12H11N3O2. The van der Waals surface area contributed by atoms with Crippen molar-refractivity contribution in [1.82, 2.24) is 4.98 Å². The Hall–Kier alpha value is -2.56. The summed E-state index contributed by atoms with van der Waals surface area (Å²) in [6.45, 7) is 0. The van der Waals surface area contributed by atoms with Crippen LogP contribution >= 0.6 is 0 Å². The Labute approximate surface area is 98.0 Å². The van der Waals surface area contributed by atoms with Crippen LogP contribution in [0.25, 0.3) is 0 Å². The smallest absolute Gasteiger partial charge is 0.248 e. The van der Waals surface area contributed by atoms with Gasteiger partial charge in [0.25, 0.3) is 0 Å². The second-order valence-corrected chi connectivity index (χ2v) is 3.39. The van der Waals surface area contributed by atoms with Gasteiger partial charge in [0, 0.05) is 11.8 Å². The van der Waals surface area contributed by atoms with Crippen LogP contribution in [-0.4, -0.2) is 10.9 Å². The number of pyridine rings is 1. The number of nitrogens with two attached hydrogens (primary N) is 2. The van der Waals surface area contributed by atoms with Gasteiger partial charge in [-0.3, -0.25) is 4.79 Å². The second kappa shape index (κ2) is 4.52. The van der Waals surface area contributed by atoms with E-state index in [9.17, 15) is 4.79 Å². The van der Waals surface area contributed by atoms with Gasteiger partial charge in [-0.15, -0.1) is 0 Å². The summed E-state index contributed by atoms with van der Waals surface area (Å²) in [6, 6.07) is 9.84. The molecule has 2 rings (SSSR count). The first-order valence-electron chi connectivity index (χ1n) is 4.95. The lowest BCUT2D eigenvalue weighted by molar-refractivity contribution is 0.100. The minimum atomic E-state index is -0.478. The van der Waals surface area contributed by atoms with Gasteiger partial charge < -0.3 is 16.2 Å². The molecule has 0 saturated carbocycles. The molecule has 0 unspecified atom stereocenters. The summed E-state index contributed by atoms with van der Waals surface area (Å²) in [4.78, 5) is 14.9. The number of carbonyl (C=O) groups excluding carboxylic acids is 1. The highest BCUT2D eigenvalue weighted by molar-refractivity contribution is 5.92. The van der Waals surface area contributed by atoms with Gasteiger partial charge in [0.2, 0.25) is 11.8 Å². The highest BCUT2D eigenvalue weighted by atomic mass is 16.5. The first kappa shape index (κ1) is 10.9. The van der Waals surface area contributed by atoms with Crippen molar-refractivity contribution in [2.24, 2.45) is 5.73 Å². The number of amides is 1. The number of carbonyl (C=O) groups is 1. The van der Waals surface area contributed by atoms with E-state index in [1.54, 1.807) is 42.6 Å². The van der Waals surface area contributed by atoms with Gasteiger partial charge in [0.15, 0.2) is 0 Å². The Morgan fingerprint density at radius 2 is 1.88 bits per heavy atom. The number of nitrogens with zero attached hydrogens (tertiary/aromatic N) is 1. The van der Waals surface area contributed by atoms with Crippen LogP contribution in [0.5, 0.6) is 11.6 Å². The predicted molar refractivity (Wildman–Crippen MR) is 63.7 cm³/mol. The maximum absolute atomic E-state index is 10.9. The zero-order valence-electron chi connectivity index (χ0n) is 8.96. The highest BCUT2D eigenvalue weighted by Crippen LogP contribution is 2.24. The highest BCUT2D eigenvalue weighted by Gasteiger charge is 2.04. The number of aromatic nitrogens is 1. The minimum absolute atomic E-state index is 0.333. The third kappa shape index (κ3) is 2.52. The largest absolute Gasteiger partial charge is 0.437 e. The fourth-order valence-electron chi connectivity index (χ4n) is 1.29. The minimum Gasteiger partial charge on any atom is -0.437 e. The molecule has 1 aromatic heterocycles. The van der Waals surface area contributed by atoms with Crippen LogP contribution in [0.15, 0.2) is 42.6 Å². The maximum atomic E-state index is 10.9. The number of hydrogen-bond donors (Lipinski definition) is 2. The van der Waals surface area contributed by atoms with Crippen molar-refractivity contribution in [3.05, 3.63) is 48.2 Å². The third-order valence-electron chi connectivity index (χ3n) is 2.15. The Bertz CT molecular complexity index is 538. The molecule has 17 heavy (non-hydrogen) atoms. The molecule has 1 aromatic carbocycles. The predicted octanol–water partition coefficient (Wildman–Crippen LogP) is 1.55. The molecule has 1 heterocycles. The van der Waals surface area contributed by atoms with E-state index >= 15 is 0 Å². The normalized spacial score (nSPS) is 9.88. The summed E-state index contributed by atoms with van der Waals surface area (Å²) in [6.07, 6.45) is 1.59. The molecule has 0 saturated heterocycles. The molecule has 0 spiro atoms. The van der Waals surface area contributed by atoms with Crippen molar-refractivity contribution in [2.75, 3.05) is 5.73 Å². The summed E-state index contributed by atoms with van der Waals surface area (Å²) in [7, 11) is 0. The summed E-state index contributed by atoms with van der Waals surface area (Å²) >= 11 is 0. The first-order valence-corrected chi connectivity index (χ1v) is 4.95. The van der Waals surface area contributed by atoms with Crippen molar-refractivity contribution in [3.63, 3.8) is 0 Å². The van der Waals surface area contributed by atoms with E-state index in [2.05, 4.69) is 4.98 Å². The quantitative estimate of drug-likeness (QED) is 0.835. The molecule has 1 amide bonds. The zero-order valence-corrected chi connectivity index (χ0v) is 8.96. The van der Waals surface area contributed by atoms with E-state index in [0.717, 1.165) is 0 Å². The molecular weight excluding hydrogens is 218 g/mol. The van der Waals surface area contributed by atoms with Gasteiger partial charge in [-0.2, -0.15) is 0 Å². The summed E-state index contributed by atoms with van der Waals surface area (Å²) in [5.41, 5.74) is 11.7. The van der Waals surface area contributed by atoms with Gasteiger partial charge >= 0.3 is 0 Å². The molecule has 0 fully saturated rings. The third-order valence-corrected chi connectivity index (χ3v) is 2.15. The van der Waals surface area contributed by atoms with Crippen LogP contribution in [0.1, 0.15) is 10.4 Å². The summed E-state index contributed by atoms with van der Waals surface area (Å²) in [5.74, 6) is 0.397. The zero-order chi connectivity index (χ0) is 12.3. The lowest BCUT2D eigenvalue weighted by atomic mass is 10.2. The molecule has 4 N–H and O–H groups in total. The lowest BCUT2D eigenvalue weighted by Crippen LogP contribution is -2.10. The van der Waals surface area contributed by atoms with Crippen LogP contribution in [0.4, 0.5) is 5.69 Å². The van der Waals surface area contributed by atoms with E-state index in [-0.39, 0.29) is 0 Å². The van der Waals surface area contributed by atoms with Gasteiger partial charge in [0.05, 0.1) is 5.69 Å². The van der Waals surface area contributed by atoms with Crippen LogP contribution in [0.3, 0.4) is 0 Å². The summed E-state index contributed by atoms with van der Waals surface area (Å²) < 4.78 is 5.46. The Balaban J connectivity index is 2.20. The Kier molecular flexibility index (Phi) is 2.91. The molecule has 5 heteroatoms. The van der Waals surface area contributed by atoms with Gasteiger partial charge in [0.1, 0.15) is 5.75 Å². The molecule has 5 nitrogen and oxygen atoms in total. The molecule has 86 valence electrons. The number of benzene rings is 1. The summed E-state index contributed by atoms with van der Waals surface area (Å²) in [5, 5.41) is 0. The number of nitrogen functional groups attached to an aromatic ring is 1. The molecule has 0 aliphatic heterocycles. The molecule has 0 bridgehead atoms. The van der Waals surface area contributed by atoms with Crippen molar-refractivity contribution in [2.45, 2.75) is 0 Å². The van der Waals surface area contributed by atoms with Gasteiger partial charge in [-0.05, 0) is 36.4 Å². The number of anilines is 1. The lowest BCUT2D eigenvalue weighted by Gasteiger charge is -2.06. The number of rotatable bonds is 3. The van der Waals surface area contributed by atoms with Crippen LogP contribution in [-0.2, 0) is 0 Å². The van der Waals surface area contributed by atoms with E-state index < -0.39 is 5.91 Å². The second-order valence-electron chi connectivity index (χ2n) is 3.39. The van der Waals surface area contributed by atoms with Crippen molar-refractivity contribution < 1.29 is 9.53 Å². The van der Waals surface area contributed by atoms with Crippen LogP contribution in [0, 0.1) is 0 Å². The molecule has 2 aromatic rings. The van der Waals surface area contributed by atoms with Crippen molar-refractivity contribution in [1.29, 1.82) is 0 Å². The van der Waals surface area contributed by atoms with Crippen LogP contribution in [0.2, 0.25) is 0 Å². The van der Waals surface area contributed by atoms with E-state index in [0.29, 0.717) is 22.9 Å². The van der Waals surface area contributed by atoms with Gasteiger partial charge in [-0.25, -0.2) is 4.98 Å². The van der Waals surface area contributed by atoms with E-state index in [4.69, 9.17) is 16.2 Å². The SMILES string of the molecule is NC(=O)c1ccc(Oc2ncccc2N)cc1. The molecule has 0 radical (unpaired) electrons.